The van der Waals surface area contributed by atoms with Gasteiger partial charge in [0.1, 0.15) is 12.4 Å². The second-order valence-electron chi connectivity index (χ2n) is 6.41. The molecule has 4 nitrogen and oxygen atoms in total. The Morgan fingerprint density at radius 1 is 0.960 bits per heavy atom. The van der Waals surface area contributed by atoms with Crippen LogP contribution in [0.3, 0.4) is 0 Å². The summed E-state index contributed by atoms with van der Waals surface area (Å²) in [6.07, 6.45) is 3.36. The highest BCUT2D eigenvalue weighted by Crippen LogP contribution is 2.22. The molecule has 1 saturated carbocycles. The third kappa shape index (κ3) is 5.48. The predicted octanol–water partition coefficient (Wildman–Crippen LogP) is 4.48. The summed E-state index contributed by atoms with van der Waals surface area (Å²) in [4.78, 5) is 11.9. The maximum absolute atomic E-state index is 12.9. The van der Waals surface area contributed by atoms with E-state index in [9.17, 15) is 9.18 Å². The van der Waals surface area contributed by atoms with Gasteiger partial charge in [0.25, 0.3) is 0 Å². The lowest BCUT2D eigenvalue weighted by Gasteiger charge is -2.30. The minimum absolute atomic E-state index is 0.148. The van der Waals surface area contributed by atoms with Crippen LogP contribution in [-0.2, 0) is 11.3 Å². The van der Waals surface area contributed by atoms with E-state index in [2.05, 4.69) is 10.6 Å². The van der Waals surface area contributed by atoms with E-state index in [1.165, 1.54) is 12.1 Å². The molecule has 0 heterocycles. The zero-order chi connectivity index (χ0) is 17.5. The van der Waals surface area contributed by atoms with Crippen molar-refractivity contribution in [3.8, 4) is 0 Å². The molecule has 2 N–H and O–H groups in total. The monoisotopic (exact) mass is 342 g/mol. The zero-order valence-electron chi connectivity index (χ0n) is 14.1. The first kappa shape index (κ1) is 17.3. The number of halogens is 1. The normalized spacial score (nSPS) is 19.9. The third-order valence-corrected chi connectivity index (χ3v) is 4.48. The summed E-state index contributed by atoms with van der Waals surface area (Å²) in [5.41, 5.74) is 1.91. The number of benzene rings is 2. The van der Waals surface area contributed by atoms with Crippen LogP contribution in [0, 0.1) is 5.82 Å². The Morgan fingerprint density at radius 2 is 1.60 bits per heavy atom. The molecule has 0 aromatic heterocycles. The van der Waals surface area contributed by atoms with E-state index in [-0.39, 0.29) is 24.6 Å². The number of hydrogen-bond donors (Lipinski definition) is 2. The minimum Gasteiger partial charge on any atom is -0.445 e. The molecule has 1 aliphatic carbocycles. The van der Waals surface area contributed by atoms with E-state index >= 15 is 0 Å². The standard InChI is InChI=1S/C20H23FN2O2/c21-16-6-8-17(9-7-16)22-18-10-12-19(13-11-18)23-20(24)25-14-15-4-2-1-3-5-15/h1-9,18-19,22H,10-14H2,(H,23,24). The van der Waals surface area contributed by atoms with Crippen LogP contribution in [-0.4, -0.2) is 18.2 Å². The van der Waals surface area contributed by atoms with Crippen LogP contribution < -0.4 is 10.6 Å². The van der Waals surface area contributed by atoms with E-state index in [1.807, 2.05) is 30.3 Å². The number of carbonyl (C=O) groups excluding carboxylic acids is 1. The second kappa shape index (κ2) is 8.51. The van der Waals surface area contributed by atoms with Gasteiger partial charge < -0.3 is 15.4 Å². The Hall–Kier alpha value is -2.56. The van der Waals surface area contributed by atoms with E-state index in [0.717, 1.165) is 36.9 Å². The summed E-state index contributed by atoms with van der Waals surface area (Å²) < 4.78 is 18.2. The molecule has 0 aliphatic heterocycles. The van der Waals surface area contributed by atoms with E-state index in [4.69, 9.17) is 4.74 Å². The highest BCUT2D eigenvalue weighted by atomic mass is 19.1. The molecule has 0 saturated heterocycles. The lowest BCUT2D eigenvalue weighted by Crippen LogP contribution is -2.40. The maximum Gasteiger partial charge on any atom is 0.407 e. The Morgan fingerprint density at radius 3 is 2.28 bits per heavy atom. The summed E-state index contributed by atoms with van der Waals surface area (Å²) in [7, 11) is 0. The lowest BCUT2D eigenvalue weighted by atomic mass is 9.91. The fourth-order valence-corrected chi connectivity index (χ4v) is 3.10. The van der Waals surface area contributed by atoms with E-state index in [0.29, 0.717) is 6.04 Å². The van der Waals surface area contributed by atoms with Gasteiger partial charge in [-0.25, -0.2) is 9.18 Å². The highest BCUT2D eigenvalue weighted by molar-refractivity contribution is 5.67. The molecule has 25 heavy (non-hydrogen) atoms. The van der Waals surface area contributed by atoms with E-state index in [1.54, 1.807) is 12.1 Å². The van der Waals surface area contributed by atoms with Crippen LogP contribution in [0.5, 0.6) is 0 Å². The molecule has 3 rings (SSSR count). The summed E-state index contributed by atoms with van der Waals surface area (Å²) in [6.45, 7) is 0.286. The van der Waals surface area contributed by atoms with Crippen molar-refractivity contribution in [3.05, 3.63) is 66.0 Å². The van der Waals surface area contributed by atoms with Crippen molar-refractivity contribution >= 4 is 11.8 Å². The van der Waals surface area contributed by atoms with E-state index < -0.39 is 0 Å². The predicted molar refractivity (Wildman–Crippen MR) is 95.8 cm³/mol. The van der Waals surface area contributed by atoms with Gasteiger partial charge in [0.15, 0.2) is 0 Å². The Labute approximate surface area is 147 Å². The Bertz CT molecular complexity index is 668. The molecular weight excluding hydrogens is 319 g/mol. The number of ether oxygens (including phenoxy) is 1. The summed E-state index contributed by atoms with van der Waals surface area (Å²) in [6, 6.07) is 16.6. The van der Waals surface area contributed by atoms with Gasteiger partial charge in [-0.05, 0) is 55.5 Å². The number of alkyl carbamates (subject to hydrolysis) is 1. The molecule has 132 valence electrons. The van der Waals surface area contributed by atoms with Gasteiger partial charge in [-0.2, -0.15) is 0 Å². The van der Waals surface area contributed by atoms with Gasteiger partial charge in [0.2, 0.25) is 0 Å². The number of hydrogen-bond acceptors (Lipinski definition) is 3. The van der Waals surface area contributed by atoms with Crippen LogP contribution >= 0.6 is 0 Å². The van der Waals surface area contributed by atoms with Crippen molar-refractivity contribution in [2.75, 3.05) is 5.32 Å². The van der Waals surface area contributed by atoms with Gasteiger partial charge in [0, 0.05) is 17.8 Å². The molecule has 0 unspecified atom stereocenters. The third-order valence-electron chi connectivity index (χ3n) is 4.48. The van der Waals surface area contributed by atoms with Crippen molar-refractivity contribution < 1.29 is 13.9 Å². The zero-order valence-corrected chi connectivity index (χ0v) is 14.1. The summed E-state index contributed by atoms with van der Waals surface area (Å²) >= 11 is 0. The molecule has 0 radical (unpaired) electrons. The van der Waals surface area contributed by atoms with Crippen molar-refractivity contribution in [2.45, 2.75) is 44.4 Å². The molecule has 1 aliphatic rings. The fraction of sp³-hybridized carbons (Fsp3) is 0.350. The average molecular weight is 342 g/mol. The Balaban J connectivity index is 1.37. The smallest absolute Gasteiger partial charge is 0.407 e. The summed E-state index contributed by atoms with van der Waals surface area (Å²) in [5, 5.41) is 6.36. The molecule has 2 aromatic rings. The molecule has 5 heteroatoms. The number of amides is 1. The molecular formula is C20H23FN2O2. The van der Waals surface area contributed by atoms with Gasteiger partial charge in [-0.1, -0.05) is 30.3 Å². The molecule has 0 spiro atoms. The molecule has 1 fully saturated rings. The number of anilines is 1. The SMILES string of the molecule is O=C(NC1CCC(Nc2ccc(F)cc2)CC1)OCc1ccccc1. The fourth-order valence-electron chi connectivity index (χ4n) is 3.10. The maximum atomic E-state index is 12.9. The van der Waals surface area contributed by atoms with Crippen molar-refractivity contribution in [1.82, 2.24) is 5.32 Å². The minimum atomic E-state index is -0.362. The largest absolute Gasteiger partial charge is 0.445 e. The van der Waals surface area contributed by atoms with Gasteiger partial charge in [-0.15, -0.1) is 0 Å². The first-order valence-electron chi connectivity index (χ1n) is 8.68. The Kier molecular flexibility index (Phi) is 5.88. The van der Waals surface area contributed by atoms with Crippen molar-refractivity contribution in [1.29, 1.82) is 0 Å². The molecule has 1 amide bonds. The first-order valence-corrected chi connectivity index (χ1v) is 8.68. The number of carbonyl (C=O) groups is 1. The molecule has 0 atom stereocenters. The van der Waals surface area contributed by atoms with Crippen LogP contribution in [0.4, 0.5) is 14.9 Å². The van der Waals surface area contributed by atoms with Crippen LogP contribution in [0.2, 0.25) is 0 Å². The average Bonchev–Trinajstić information content (AvgIpc) is 2.64. The van der Waals surface area contributed by atoms with Gasteiger partial charge in [0.05, 0.1) is 0 Å². The topological polar surface area (TPSA) is 50.4 Å². The second-order valence-corrected chi connectivity index (χ2v) is 6.41. The van der Waals surface area contributed by atoms with Crippen LogP contribution in [0.15, 0.2) is 54.6 Å². The highest BCUT2D eigenvalue weighted by Gasteiger charge is 2.22. The van der Waals surface area contributed by atoms with Crippen molar-refractivity contribution in [2.24, 2.45) is 0 Å². The van der Waals surface area contributed by atoms with Crippen LogP contribution in [0.1, 0.15) is 31.2 Å². The first-order chi connectivity index (χ1) is 12.2. The molecule has 0 bridgehead atoms. The molecule has 2 aromatic carbocycles. The lowest BCUT2D eigenvalue weighted by molar-refractivity contribution is 0.132. The summed E-state index contributed by atoms with van der Waals surface area (Å²) in [5.74, 6) is -0.229. The number of nitrogens with one attached hydrogen (secondary N) is 2. The quantitative estimate of drug-likeness (QED) is 0.842. The van der Waals surface area contributed by atoms with Crippen molar-refractivity contribution in [3.63, 3.8) is 0 Å². The van der Waals surface area contributed by atoms with Gasteiger partial charge >= 0.3 is 6.09 Å². The van der Waals surface area contributed by atoms with Gasteiger partial charge in [-0.3, -0.25) is 0 Å². The van der Waals surface area contributed by atoms with Crippen LogP contribution in [0.25, 0.3) is 0 Å². The number of rotatable bonds is 5.